The molecule has 0 aliphatic heterocycles. The highest BCUT2D eigenvalue weighted by molar-refractivity contribution is 6.01. The van der Waals surface area contributed by atoms with Crippen molar-refractivity contribution < 1.29 is 51.4 Å². The van der Waals surface area contributed by atoms with Gasteiger partial charge in [-0.05, 0) is 74.1 Å². The number of furan rings is 2. The summed E-state index contributed by atoms with van der Waals surface area (Å²) in [6.45, 7) is 4.63. The van der Waals surface area contributed by atoms with Crippen LogP contribution in [0.5, 0.6) is 0 Å². The van der Waals surface area contributed by atoms with Gasteiger partial charge >= 0.3 is 17.9 Å². The van der Waals surface area contributed by atoms with E-state index in [4.69, 9.17) is 18.3 Å². The Morgan fingerprint density at radius 1 is 1.02 bits per heavy atom. The van der Waals surface area contributed by atoms with Gasteiger partial charge in [0.05, 0.1) is 12.5 Å². The number of allylic oxidation sites excluding steroid dienone is 4. The van der Waals surface area contributed by atoms with E-state index in [2.05, 4.69) is 0 Å². The number of carbonyl (C=O) groups is 4. The molecule has 0 amide bonds. The summed E-state index contributed by atoms with van der Waals surface area (Å²) in [6.07, 6.45) is 2.04. The van der Waals surface area contributed by atoms with E-state index >= 15 is 8.78 Å². The molecule has 0 aromatic carbocycles. The summed E-state index contributed by atoms with van der Waals surface area (Å²) in [5.41, 5.74) is -7.91. The molecule has 2 aromatic heterocycles. The number of ketones is 1. The van der Waals surface area contributed by atoms with E-state index in [1.165, 1.54) is 55.9 Å². The molecule has 1 N–H and O–H groups in total. The third-order valence-electron chi connectivity index (χ3n) is 10.4. The zero-order chi connectivity index (χ0) is 30.2. The molecule has 4 aliphatic rings. The van der Waals surface area contributed by atoms with Crippen molar-refractivity contribution in [2.45, 2.75) is 63.6 Å². The summed E-state index contributed by atoms with van der Waals surface area (Å²) in [5, 5.41) is 10.7. The Labute approximate surface area is 239 Å². The van der Waals surface area contributed by atoms with E-state index in [1.54, 1.807) is 13.8 Å². The lowest BCUT2D eigenvalue weighted by atomic mass is 9.44. The molecule has 2 heterocycles. The first-order valence-corrected chi connectivity index (χ1v) is 13.8. The molecule has 4 aliphatic carbocycles. The largest absolute Gasteiger partial charge is 0.478 e. The van der Waals surface area contributed by atoms with Gasteiger partial charge in [-0.2, -0.15) is 0 Å². The molecule has 11 heteroatoms. The van der Waals surface area contributed by atoms with Crippen molar-refractivity contribution >= 4 is 23.7 Å². The van der Waals surface area contributed by atoms with Gasteiger partial charge in [-0.15, -0.1) is 0 Å². The third kappa shape index (κ3) is 3.51. The van der Waals surface area contributed by atoms with E-state index in [0.29, 0.717) is 0 Å². The third-order valence-corrected chi connectivity index (χ3v) is 10.4. The van der Waals surface area contributed by atoms with E-state index in [1.807, 2.05) is 0 Å². The van der Waals surface area contributed by atoms with E-state index in [-0.39, 0.29) is 36.4 Å². The van der Waals surface area contributed by atoms with Crippen LogP contribution in [0.4, 0.5) is 8.78 Å². The lowest BCUT2D eigenvalue weighted by Crippen LogP contribution is -2.71. The summed E-state index contributed by atoms with van der Waals surface area (Å²) in [4.78, 5) is 51.8. The molecule has 42 heavy (non-hydrogen) atoms. The van der Waals surface area contributed by atoms with Gasteiger partial charge in [-0.1, -0.05) is 19.9 Å². The lowest BCUT2D eigenvalue weighted by molar-refractivity contribution is -0.229. The minimum Gasteiger partial charge on any atom is -0.478 e. The van der Waals surface area contributed by atoms with Crippen LogP contribution in [0.15, 0.2) is 69.4 Å². The predicted octanol–water partition coefficient (Wildman–Crippen LogP) is 5.28. The molecule has 2 aromatic rings. The molecule has 6 rings (SSSR count). The molecule has 0 radical (unpaired) electrons. The molecule has 0 unspecified atom stereocenters. The van der Waals surface area contributed by atoms with Gasteiger partial charge in [0.25, 0.3) is 0 Å². The van der Waals surface area contributed by atoms with Crippen LogP contribution in [-0.4, -0.2) is 52.3 Å². The van der Waals surface area contributed by atoms with Crippen molar-refractivity contribution in [3.63, 3.8) is 0 Å². The molecule has 0 saturated heterocycles. The maximum Gasteiger partial charge on any atom is 0.375 e. The summed E-state index contributed by atoms with van der Waals surface area (Å²) >= 11 is 0. The van der Waals surface area contributed by atoms with E-state index in [0.717, 1.165) is 6.08 Å². The number of hydrogen-bond acceptors (Lipinski definition) is 8. The minimum absolute atomic E-state index is 0.0591. The van der Waals surface area contributed by atoms with Crippen LogP contribution in [0.2, 0.25) is 0 Å². The molecule has 9 nitrogen and oxygen atoms in total. The zero-order valence-electron chi connectivity index (χ0n) is 23.2. The lowest BCUT2D eigenvalue weighted by Gasteiger charge is -2.63. The Morgan fingerprint density at radius 2 is 1.67 bits per heavy atom. The van der Waals surface area contributed by atoms with Gasteiger partial charge < -0.3 is 23.4 Å². The maximum atomic E-state index is 18.2. The Bertz CT molecular complexity index is 1510. The van der Waals surface area contributed by atoms with Crippen LogP contribution in [-0.2, 0) is 19.1 Å². The Morgan fingerprint density at radius 3 is 2.26 bits per heavy atom. The van der Waals surface area contributed by atoms with Crippen molar-refractivity contribution in [1.29, 1.82) is 0 Å². The number of hydrogen-bond donors (Lipinski definition) is 1. The SMILES string of the molecule is C[C@@H]1C[C@H]2[C@@H]3C[C@H](F)C4=CC(=O)C=C[C@]4(C)[C@@]3(F)[C@@H](OC(=O)c3ccco3)C[C@]2(C)[C@@]1(OC(=O)c1ccco1)C(=O)O. The van der Waals surface area contributed by atoms with Gasteiger partial charge in [0, 0.05) is 22.7 Å². The zero-order valence-corrected chi connectivity index (χ0v) is 23.2. The predicted molar refractivity (Wildman–Crippen MR) is 140 cm³/mol. The number of carboxylic acid groups (broad SMARTS) is 1. The quantitative estimate of drug-likeness (QED) is 0.466. The fourth-order valence-corrected chi connectivity index (χ4v) is 8.50. The van der Waals surface area contributed by atoms with Gasteiger partial charge in [-0.25, -0.2) is 23.2 Å². The van der Waals surface area contributed by atoms with Crippen LogP contribution >= 0.6 is 0 Å². The standard InChI is InChI=1S/C31H30F2O9/c1-16-12-18-19-14-21(32)20-13-17(34)8-9-28(20,2)30(19,33)24(41-25(35)22-6-4-10-39-22)15-29(18,3)31(16,27(37)38)42-26(36)23-7-5-11-40-23/h4-11,13,16,18-19,21,24H,12,14-15H2,1-3H3,(H,37,38)/t16-,18+,19+,21+,24+,28+,29+,30+,31+/m1/s1. The first kappa shape index (κ1) is 28.1. The second-order valence-corrected chi connectivity index (χ2v) is 12.3. The molecular formula is C31H30F2O9. The Hall–Kier alpha value is -4.02. The number of rotatable bonds is 5. The van der Waals surface area contributed by atoms with Gasteiger partial charge in [-0.3, -0.25) is 4.79 Å². The summed E-state index contributed by atoms with van der Waals surface area (Å²) in [7, 11) is 0. The molecule has 3 fully saturated rings. The highest BCUT2D eigenvalue weighted by Crippen LogP contribution is 2.72. The van der Waals surface area contributed by atoms with E-state index in [9.17, 15) is 24.3 Å². The molecule has 0 spiro atoms. The number of fused-ring (bicyclic) bond motifs is 5. The van der Waals surface area contributed by atoms with Gasteiger partial charge in [0.1, 0.15) is 12.3 Å². The number of carbonyl (C=O) groups excluding carboxylic acids is 3. The average Bonchev–Trinajstić information content (AvgIpc) is 3.70. The van der Waals surface area contributed by atoms with Crippen LogP contribution in [0.1, 0.15) is 61.1 Å². The highest BCUT2D eigenvalue weighted by atomic mass is 19.1. The smallest absolute Gasteiger partial charge is 0.375 e. The fourth-order valence-electron chi connectivity index (χ4n) is 8.50. The molecule has 0 bridgehead atoms. The van der Waals surface area contributed by atoms with Crippen molar-refractivity contribution in [3.05, 3.63) is 72.1 Å². The Balaban J connectivity index is 1.51. The number of aliphatic carboxylic acids is 1. The molecule has 3 saturated carbocycles. The summed E-state index contributed by atoms with van der Waals surface area (Å²) in [6, 6.07) is 5.58. The van der Waals surface area contributed by atoms with Crippen molar-refractivity contribution in [3.8, 4) is 0 Å². The van der Waals surface area contributed by atoms with E-state index < -0.39 is 75.8 Å². The van der Waals surface area contributed by atoms with Crippen LogP contribution in [0.25, 0.3) is 0 Å². The summed E-state index contributed by atoms with van der Waals surface area (Å²) < 4.78 is 56.1. The van der Waals surface area contributed by atoms with Crippen LogP contribution < -0.4 is 0 Å². The first-order valence-electron chi connectivity index (χ1n) is 13.8. The topological polar surface area (TPSA) is 133 Å². The number of alkyl halides is 2. The number of carboxylic acids is 1. The van der Waals surface area contributed by atoms with Crippen molar-refractivity contribution in [1.82, 2.24) is 0 Å². The minimum atomic E-state index is -2.45. The van der Waals surface area contributed by atoms with Gasteiger partial charge in [0.15, 0.2) is 11.5 Å². The van der Waals surface area contributed by atoms with Gasteiger partial charge in [0.2, 0.25) is 17.1 Å². The van der Waals surface area contributed by atoms with Crippen LogP contribution in [0, 0.1) is 28.6 Å². The highest BCUT2D eigenvalue weighted by Gasteiger charge is 2.79. The number of halogens is 2. The number of esters is 2. The second-order valence-electron chi connectivity index (χ2n) is 12.3. The van der Waals surface area contributed by atoms with Crippen molar-refractivity contribution in [2.24, 2.45) is 28.6 Å². The normalized spacial score (nSPS) is 40.4. The average molecular weight is 585 g/mol. The molecule has 222 valence electrons. The summed E-state index contributed by atoms with van der Waals surface area (Å²) in [5.74, 6) is -7.18. The monoisotopic (exact) mass is 584 g/mol. The second kappa shape index (κ2) is 9.24. The molecule has 9 atom stereocenters. The number of ether oxygens (including phenoxy) is 2. The first-order chi connectivity index (χ1) is 19.8. The fraction of sp³-hybridized carbons (Fsp3) is 0.484. The molecular weight excluding hydrogens is 554 g/mol. The Kier molecular flexibility index (Phi) is 6.19. The van der Waals surface area contributed by atoms with Crippen LogP contribution in [0.3, 0.4) is 0 Å². The maximum absolute atomic E-state index is 18.2. The van der Waals surface area contributed by atoms with Crippen molar-refractivity contribution in [2.75, 3.05) is 0 Å².